The second-order valence-electron chi connectivity index (χ2n) is 5.18. The van der Waals surface area contributed by atoms with Crippen LogP contribution in [-0.2, 0) is 23.4 Å². The van der Waals surface area contributed by atoms with Gasteiger partial charge in [0.2, 0.25) is 0 Å². The van der Waals surface area contributed by atoms with E-state index in [0.717, 1.165) is 31.4 Å². The summed E-state index contributed by atoms with van der Waals surface area (Å²) >= 11 is 0. The van der Waals surface area contributed by atoms with E-state index in [1.54, 1.807) is 4.68 Å². The molecule has 2 unspecified atom stereocenters. The van der Waals surface area contributed by atoms with Gasteiger partial charge in [0.25, 0.3) is 0 Å². The Balaban J connectivity index is 1.86. The van der Waals surface area contributed by atoms with Gasteiger partial charge in [-0.3, -0.25) is 4.68 Å². The Morgan fingerprint density at radius 1 is 1.50 bits per heavy atom. The van der Waals surface area contributed by atoms with Gasteiger partial charge in [-0.15, -0.1) is 0 Å². The van der Waals surface area contributed by atoms with Gasteiger partial charge >= 0.3 is 0 Å². The normalized spacial score (nSPS) is 25.2. The lowest BCUT2D eigenvalue weighted by Crippen LogP contribution is -2.38. The van der Waals surface area contributed by atoms with Crippen molar-refractivity contribution in [1.82, 2.24) is 15.1 Å². The van der Waals surface area contributed by atoms with E-state index in [4.69, 9.17) is 0 Å². The Morgan fingerprint density at radius 3 is 2.89 bits per heavy atom. The molecule has 0 radical (unpaired) electrons. The summed E-state index contributed by atoms with van der Waals surface area (Å²) in [5.41, 5.74) is 0.999. The smallest absolute Gasteiger partial charge is 0.150 e. The van der Waals surface area contributed by atoms with Crippen LogP contribution in [0.5, 0.6) is 0 Å². The standard InChI is InChI=1S/C12H21N3O2S/c1-15-7-6-11(14-15)9-13-10-4-3-5-12(8-10)18(2,16)17/h6-7,10,12-13H,3-5,8-9H2,1-2H3. The lowest BCUT2D eigenvalue weighted by atomic mass is 9.95. The van der Waals surface area contributed by atoms with E-state index in [1.807, 2.05) is 19.3 Å². The summed E-state index contributed by atoms with van der Waals surface area (Å²) in [7, 11) is -1.00. The summed E-state index contributed by atoms with van der Waals surface area (Å²) in [5.74, 6) is 0. The Hall–Kier alpha value is -0.880. The highest BCUT2D eigenvalue weighted by atomic mass is 32.2. The van der Waals surface area contributed by atoms with E-state index in [9.17, 15) is 8.42 Å². The van der Waals surface area contributed by atoms with Gasteiger partial charge in [-0.2, -0.15) is 5.10 Å². The molecule has 0 bridgehead atoms. The first-order valence-electron chi connectivity index (χ1n) is 6.36. The van der Waals surface area contributed by atoms with Crippen LogP contribution in [0, 0.1) is 0 Å². The average molecular weight is 271 g/mol. The van der Waals surface area contributed by atoms with Crippen LogP contribution >= 0.6 is 0 Å². The first-order chi connectivity index (χ1) is 8.45. The number of rotatable bonds is 4. The number of nitrogens with one attached hydrogen (secondary N) is 1. The van der Waals surface area contributed by atoms with Crippen molar-refractivity contribution in [2.75, 3.05) is 6.26 Å². The molecule has 2 rings (SSSR count). The monoisotopic (exact) mass is 271 g/mol. The van der Waals surface area contributed by atoms with Crippen LogP contribution in [0.2, 0.25) is 0 Å². The summed E-state index contributed by atoms with van der Waals surface area (Å²) in [6.45, 7) is 0.710. The Bertz CT molecular complexity index is 495. The fourth-order valence-corrected chi connectivity index (χ4v) is 3.70. The number of hydrogen-bond donors (Lipinski definition) is 1. The molecular weight excluding hydrogens is 250 g/mol. The summed E-state index contributed by atoms with van der Waals surface area (Å²) in [6, 6.07) is 2.27. The number of hydrogen-bond acceptors (Lipinski definition) is 4. The summed E-state index contributed by atoms with van der Waals surface area (Å²) in [4.78, 5) is 0. The van der Waals surface area contributed by atoms with Gasteiger partial charge in [0, 0.05) is 32.1 Å². The highest BCUT2D eigenvalue weighted by Gasteiger charge is 2.28. The maximum atomic E-state index is 11.6. The maximum absolute atomic E-state index is 11.6. The van der Waals surface area contributed by atoms with Crippen LogP contribution in [0.15, 0.2) is 12.3 Å². The Labute approximate surface area is 108 Å². The quantitative estimate of drug-likeness (QED) is 0.882. The van der Waals surface area contributed by atoms with Crippen LogP contribution < -0.4 is 5.32 Å². The highest BCUT2D eigenvalue weighted by Crippen LogP contribution is 2.23. The second kappa shape index (κ2) is 5.40. The highest BCUT2D eigenvalue weighted by molar-refractivity contribution is 7.91. The molecule has 1 aromatic heterocycles. The van der Waals surface area contributed by atoms with Gasteiger partial charge in [0.05, 0.1) is 10.9 Å². The Kier molecular flexibility index (Phi) is 4.07. The zero-order chi connectivity index (χ0) is 13.2. The van der Waals surface area contributed by atoms with Gasteiger partial charge in [-0.05, 0) is 25.3 Å². The predicted octanol–water partition coefficient (Wildman–Crippen LogP) is 0.865. The second-order valence-corrected chi connectivity index (χ2v) is 7.50. The minimum absolute atomic E-state index is 0.174. The van der Waals surface area contributed by atoms with Crippen molar-refractivity contribution in [2.24, 2.45) is 7.05 Å². The number of aryl methyl sites for hydroxylation is 1. The molecule has 1 N–H and O–H groups in total. The lowest BCUT2D eigenvalue weighted by Gasteiger charge is -2.28. The van der Waals surface area contributed by atoms with Crippen molar-refractivity contribution in [3.8, 4) is 0 Å². The third-order valence-electron chi connectivity index (χ3n) is 3.57. The topological polar surface area (TPSA) is 64.0 Å². The third kappa shape index (κ3) is 3.55. The Morgan fingerprint density at radius 2 is 2.28 bits per heavy atom. The molecular formula is C12H21N3O2S. The fraction of sp³-hybridized carbons (Fsp3) is 0.750. The maximum Gasteiger partial charge on any atom is 0.150 e. The molecule has 0 spiro atoms. The van der Waals surface area contributed by atoms with E-state index in [0.29, 0.717) is 12.6 Å². The van der Waals surface area contributed by atoms with Gasteiger partial charge in [-0.1, -0.05) is 6.42 Å². The molecule has 1 fully saturated rings. The van der Waals surface area contributed by atoms with E-state index < -0.39 is 9.84 Å². The van der Waals surface area contributed by atoms with Crippen LogP contribution in [0.1, 0.15) is 31.4 Å². The minimum atomic E-state index is -2.90. The molecule has 0 amide bonds. The zero-order valence-corrected chi connectivity index (χ0v) is 11.8. The van der Waals surface area contributed by atoms with Crippen molar-refractivity contribution in [1.29, 1.82) is 0 Å². The summed E-state index contributed by atoms with van der Waals surface area (Å²) in [5, 5.41) is 7.54. The largest absolute Gasteiger partial charge is 0.308 e. The third-order valence-corrected chi connectivity index (χ3v) is 5.21. The molecule has 2 atom stereocenters. The predicted molar refractivity (Wildman–Crippen MR) is 70.9 cm³/mol. The molecule has 1 aliphatic rings. The van der Waals surface area contributed by atoms with Gasteiger partial charge in [0.1, 0.15) is 9.84 Å². The van der Waals surface area contributed by atoms with E-state index in [-0.39, 0.29) is 5.25 Å². The molecule has 1 heterocycles. The number of nitrogens with zero attached hydrogens (tertiary/aromatic N) is 2. The SMILES string of the molecule is Cn1ccc(CNC2CCCC(S(C)(=O)=O)C2)n1. The minimum Gasteiger partial charge on any atom is -0.308 e. The van der Waals surface area contributed by atoms with Crippen LogP contribution in [0.4, 0.5) is 0 Å². The summed E-state index contributed by atoms with van der Waals surface area (Å²) < 4.78 is 24.9. The van der Waals surface area contributed by atoms with Crippen molar-refractivity contribution >= 4 is 9.84 Å². The molecule has 0 saturated heterocycles. The van der Waals surface area contributed by atoms with E-state index in [2.05, 4.69) is 10.4 Å². The van der Waals surface area contributed by atoms with Gasteiger partial charge in [0.15, 0.2) is 0 Å². The first kappa shape index (κ1) is 13.5. The lowest BCUT2D eigenvalue weighted by molar-refractivity contribution is 0.369. The van der Waals surface area contributed by atoms with Gasteiger partial charge < -0.3 is 5.32 Å². The van der Waals surface area contributed by atoms with Crippen LogP contribution in [0.25, 0.3) is 0 Å². The molecule has 1 aliphatic carbocycles. The molecule has 1 saturated carbocycles. The zero-order valence-electron chi connectivity index (χ0n) is 11.0. The molecule has 0 aromatic carbocycles. The van der Waals surface area contributed by atoms with Gasteiger partial charge in [-0.25, -0.2) is 8.42 Å². The van der Waals surface area contributed by atoms with Crippen LogP contribution in [0.3, 0.4) is 0 Å². The molecule has 6 heteroatoms. The van der Waals surface area contributed by atoms with Crippen molar-refractivity contribution in [2.45, 2.75) is 43.5 Å². The number of sulfone groups is 1. The molecule has 18 heavy (non-hydrogen) atoms. The van der Waals surface area contributed by atoms with Crippen LogP contribution in [-0.4, -0.2) is 35.7 Å². The van der Waals surface area contributed by atoms with E-state index >= 15 is 0 Å². The molecule has 102 valence electrons. The fourth-order valence-electron chi connectivity index (χ4n) is 2.53. The number of aromatic nitrogens is 2. The van der Waals surface area contributed by atoms with Crippen molar-refractivity contribution in [3.63, 3.8) is 0 Å². The van der Waals surface area contributed by atoms with Crippen molar-refractivity contribution < 1.29 is 8.42 Å². The first-order valence-corrected chi connectivity index (χ1v) is 8.31. The van der Waals surface area contributed by atoms with Crippen molar-refractivity contribution in [3.05, 3.63) is 18.0 Å². The molecule has 5 nitrogen and oxygen atoms in total. The molecule has 1 aromatic rings. The van der Waals surface area contributed by atoms with E-state index in [1.165, 1.54) is 6.26 Å². The summed E-state index contributed by atoms with van der Waals surface area (Å²) in [6.07, 6.45) is 6.83. The average Bonchev–Trinajstić information content (AvgIpc) is 2.72. The molecule has 0 aliphatic heterocycles.